The van der Waals surface area contributed by atoms with Gasteiger partial charge in [0, 0.05) is 55.4 Å². The first kappa shape index (κ1) is 19.4. The number of piperazine rings is 1. The van der Waals surface area contributed by atoms with E-state index in [1.165, 1.54) is 34.5 Å². The lowest BCUT2D eigenvalue weighted by atomic mass is 10.0. The molecule has 0 saturated carbocycles. The molecule has 0 atom stereocenters. The largest absolute Gasteiger partial charge is 0.295 e. The highest BCUT2D eigenvalue weighted by atomic mass is 35.5. The Kier molecular flexibility index (Phi) is 5.74. The Morgan fingerprint density at radius 2 is 1.79 bits per heavy atom. The first-order valence-corrected chi connectivity index (χ1v) is 9.90. The number of benzene rings is 3. The molecular formula is C22H21ClN4O2. The summed E-state index contributed by atoms with van der Waals surface area (Å²) < 4.78 is 0. The van der Waals surface area contributed by atoms with Crippen molar-refractivity contribution in [1.29, 1.82) is 0 Å². The lowest BCUT2D eigenvalue weighted by Gasteiger charge is -2.33. The predicted molar refractivity (Wildman–Crippen MR) is 116 cm³/mol. The summed E-state index contributed by atoms with van der Waals surface area (Å²) in [7, 11) is 0. The average molecular weight is 409 g/mol. The normalized spacial score (nSPS) is 15.3. The van der Waals surface area contributed by atoms with Crippen LogP contribution < -0.4 is 0 Å². The van der Waals surface area contributed by atoms with Crippen molar-refractivity contribution in [3.63, 3.8) is 0 Å². The number of halogens is 1. The molecule has 1 aliphatic heterocycles. The molecule has 1 fully saturated rings. The highest BCUT2D eigenvalue weighted by molar-refractivity contribution is 6.33. The van der Waals surface area contributed by atoms with Crippen LogP contribution in [0.5, 0.6) is 0 Å². The summed E-state index contributed by atoms with van der Waals surface area (Å²) in [5, 5.41) is 20.4. The minimum atomic E-state index is -0.431. The van der Waals surface area contributed by atoms with Gasteiger partial charge in [-0.15, -0.1) is 0 Å². The standard InChI is InChI=1S/C22H21ClN4O2/c23-22-9-8-20(27(28)29)14-19(22)15-24-26-12-10-25(11-13-26)16-18-6-3-5-17-4-1-2-7-21(17)18/h1-9,14-15H,10-13,16H2/b24-15-. The van der Waals surface area contributed by atoms with Crippen LogP contribution in [-0.2, 0) is 6.54 Å². The van der Waals surface area contributed by atoms with Crippen LogP contribution in [0.1, 0.15) is 11.1 Å². The number of hydrogen-bond donors (Lipinski definition) is 0. The fourth-order valence-electron chi connectivity index (χ4n) is 3.57. The van der Waals surface area contributed by atoms with Crippen molar-refractivity contribution in [2.75, 3.05) is 26.2 Å². The summed E-state index contributed by atoms with van der Waals surface area (Å²) in [5.41, 5.74) is 1.90. The molecule has 148 valence electrons. The average Bonchev–Trinajstić information content (AvgIpc) is 2.74. The molecule has 0 radical (unpaired) electrons. The molecule has 3 aromatic carbocycles. The first-order valence-electron chi connectivity index (χ1n) is 9.52. The topological polar surface area (TPSA) is 62.0 Å². The van der Waals surface area contributed by atoms with Gasteiger partial charge in [0.25, 0.3) is 5.69 Å². The minimum Gasteiger partial charge on any atom is -0.295 e. The third kappa shape index (κ3) is 4.55. The maximum absolute atomic E-state index is 10.9. The van der Waals surface area contributed by atoms with E-state index in [0.717, 1.165) is 32.7 Å². The van der Waals surface area contributed by atoms with Gasteiger partial charge < -0.3 is 0 Å². The lowest BCUT2D eigenvalue weighted by molar-refractivity contribution is -0.384. The fourth-order valence-corrected chi connectivity index (χ4v) is 3.74. The van der Waals surface area contributed by atoms with Crippen molar-refractivity contribution in [3.05, 3.63) is 86.9 Å². The number of rotatable bonds is 5. The smallest absolute Gasteiger partial charge is 0.270 e. The van der Waals surface area contributed by atoms with Crippen LogP contribution in [0.15, 0.2) is 65.8 Å². The second-order valence-electron chi connectivity index (χ2n) is 7.08. The van der Waals surface area contributed by atoms with Gasteiger partial charge >= 0.3 is 0 Å². The monoisotopic (exact) mass is 408 g/mol. The van der Waals surface area contributed by atoms with Gasteiger partial charge in [-0.2, -0.15) is 5.10 Å². The molecular weight excluding hydrogens is 388 g/mol. The van der Waals surface area contributed by atoms with Gasteiger partial charge in [-0.05, 0) is 22.4 Å². The molecule has 1 saturated heterocycles. The maximum Gasteiger partial charge on any atom is 0.270 e. The Morgan fingerprint density at radius 1 is 1.03 bits per heavy atom. The number of nitro groups is 1. The van der Waals surface area contributed by atoms with E-state index in [2.05, 4.69) is 52.5 Å². The SMILES string of the molecule is O=[N+]([O-])c1ccc(Cl)c(/C=N\N2CCN(Cc3cccc4ccccc34)CC2)c1. The van der Waals surface area contributed by atoms with E-state index < -0.39 is 4.92 Å². The Hall–Kier alpha value is -2.96. The van der Waals surface area contributed by atoms with E-state index in [4.69, 9.17) is 11.6 Å². The zero-order valence-electron chi connectivity index (χ0n) is 15.9. The first-order chi connectivity index (χ1) is 14.1. The molecule has 4 rings (SSSR count). The van der Waals surface area contributed by atoms with Crippen molar-refractivity contribution < 1.29 is 4.92 Å². The molecule has 0 spiro atoms. The Bertz CT molecular complexity index is 1060. The minimum absolute atomic E-state index is 0.00996. The van der Waals surface area contributed by atoms with E-state index in [9.17, 15) is 10.1 Å². The molecule has 3 aromatic rings. The number of fused-ring (bicyclic) bond motifs is 1. The van der Waals surface area contributed by atoms with Crippen LogP contribution in [0.25, 0.3) is 10.8 Å². The fraction of sp³-hybridized carbons (Fsp3) is 0.227. The van der Waals surface area contributed by atoms with Crippen molar-refractivity contribution in [2.24, 2.45) is 5.10 Å². The van der Waals surface area contributed by atoms with Crippen LogP contribution in [0, 0.1) is 10.1 Å². The van der Waals surface area contributed by atoms with Crippen LogP contribution >= 0.6 is 11.6 Å². The zero-order valence-corrected chi connectivity index (χ0v) is 16.6. The van der Waals surface area contributed by atoms with Crippen LogP contribution in [0.4, 0.5) is 5.69 Å². The summed E-state index contributed by atoms with van der Waals surface area (Å²) in [5.74, 6) is 0. The summed E-state index contributed by atoms with van der Waals surface area (Å²) in [4.78, 5) is 12.9. The van der Waals surface area contributed by atoms with Crippen LogP contribution in [0.2, 0.25) is 5.02 Å². The Balaban J connectivity index is 1.38. The molecule has 0 bridgehead atoms. The summed E-state index contributed by atoms with van der Waals surface area (Å²) in [6, 6.07) is 19.3. The number of hydrogen-bond acceptors (Lipinski definition) is 5. The molecule has 0 amide bonds. The van der Waals surface area contributed by atoms with Gasteiger partial charge in [0.1, 0.15) is 0 Å². The van der Waals surface area contributed by atoms with Crippen molar-refractivity contribution in [1.82, 2.24) is 9.91 Å². The van der Waals surface area contributed by atoms with Gasteiger partial charge in [0.2, 0.25) is 0 Å². The summed E-state index contributed by atoms with van der Waals surface area (Å²) in [6.07, 6.45) is 1.61. The maximum atomic E-state index is 10.9. The highest BCUT2D eigenvalue weighted by Gasteiger charge is 2.16. The summed E-state index contributed by atoms with van der Waals surface area (Å²) in [6.45, 7) is 4.32. The van der Waals surface area contributed by atoms with Crippen molar-refractivity contribution in [3.8, 4) is 0 Å². The molecule has 0 aliphatic carbocycles. The quantitative estimate of drug-likeness (QED) is 0.353. The van der Waals surface area contributed by atoms with E-state index in [1.54, 1.807) is 6.21 Å². The molecule has 6 nitrogen and oxygen atoms in total. The van der Waals surface area contributed by atoms with E-state index >= 15 is 0 Å². The van der Waals surface area contributed by atoms with Crippen LogP contribution in [0.3, 0.4) is 0 Å². The second kappa shape index (κ2) is 8.59. The van der Waals surface area contributed by atoms with Crippen molar-refractivity contribution in [2.45, 2.75) is 6.54 Å². The van der Waals surface area contributed by atoms with Crippen molar-refractivity contribution >= 4 is 34.3 Å². The molecule has 1 aliphatic rings. The Labute approximate surface area is 174 Å². The van der Waals surface area contributed by atoms with Gasteiger partial charge in [0.15, 0.2) is 0 Å². The van der Waals surface area contributed by atoms with Crippen LogP contribution in [-0.4, -0.2) is 47.2 Å². The summed E-state index contributed by atoms with van der Waals surface area (Å²) >= 11 is 6.14. The molecule has 0 N–H and O–H groups in total. The van der Waals surface area contributed by atoms with Gasteiger partial charge in [-0.1, -0.05) is 54.1 Å². The molecule has 29 heavy (non-hydrogen) atoms. The number of nitrogens with zero attached hydrogens (tertiary/aromatic N) is 4. The van der Waals surface area contributed by atoms with E-state index in [-0.39, 0.29) is 5.69 Å². The molecule has 0 aromatic heterocycles. The van der Waals surface area contributed by atoms with E-state index in [0.29, 0.717) is 10.6 Å². The third-order valence-corrected chi connectivity index (χ3v) is 5.52. The number of nitro benzene ring substituents is 1. The molecule has 7 heteroatoms. The molecule has 1 heterocycles. The number of hydrazone groups is 1. The highest BCUT2D eigenvalue weighted by Crippen LogP contribution is 2.22. The predicted octanol–water partition coefficient (Wildman–Crippen LogP) is 4.55. The Morgan fingerprint density at radius 3 is 2.59 bits per heavy atom. The lowest BCUT2D eigenvalue weighted by Crippen LogP contribution is -2.43. The van der Waals surface area contributed by atoms with Gasteiger partial charge in [-0.25, -0.2) is 0 Å². The van der Waals surface area contributed by atoms with Gasteiger partial charge in [-0.3, -0.25) is 20.0 Å². The van der Waals surface area contributed by atoms with Gasteiger partial charge in [0.05, 0.1) is 11.1 Å². The zero-order chi connectivity index (χ0) is 20.2. The third-order valence-electron chi connectivity index (χ3n) is 5.17. The second-order valence-corrected chi connectivity index (χ2v) is 7.48. The van der Waals surface area contributed by atoms with E-state index in [1.807, 2.05) is 5.01 Å². The molecule has 0 unspecified atom stereocenters. The number of non-ortho nitro benzene ring substituents is 1.